The summed E-state index contributed by atoms with van der Waals surface area (Å²) in [5.41, 5.74) is 1.12. The molecule has 4 nitrogen and oxygen atoms in total. The Hall–Kier alpha value is -0.970. The van der Waals surface area contributed by atoms with Crippen molar-refractivity contribution >= 4 is 0 Å². The molecular weight excluding hydrogens is 236 g/mol. The predicted molar refractivity (Wildman–Crippen MR) is 79.1 cm³/mol. The van der Waals surface area contributed by atoms with Crippen molar-refractivity contribution in [3.8, 4) is 0 Å². The van der Waals surface area contributed by atoms with E-state index in [2.05, 4.69) is 40.3 Å². The Balaban J connectivity index is 1.57. The number of hydrogen-bond acceptors (Lipinski definition) is 4. The number of pyridine rings is 1. The van der Waals surface area contributed by atoms with E-state index < -0.39 is 0 Å². The third-order valence-electron chi connectivity index (χ3n) is 3.92. The van der Waals surface area contributed by atoms with Gasteiger partial charge in [-0.05, 0) is 52.2 Å². The Bertz CT molecular complexity index is 344. The molecule has 0 aliphatic carbocycles. The Morgan fingerprint density at radius 2 is 2.11 bits per heavy atom. The molecule has 1 aromatic rings. The molecule has 1 aliphatic rings. The number of aromatic nitrogens is 1. The van der Waals surface area contributed by atoms with Crippen LogP contribution in [0, 0.1) is 0 Å². The molecule has 0 atom stereocenters. The molecule has 1 fully saturated rings. The van der Waals surface area contributed by atoms with Crippen molar-refractivity contribution in [1.29, 1.82) is 0 Å². The van der Waals surface area contributed by atoms with Gasteiger partial charge in [0, 0.05) is 31.9 Å². The summed E-state index contributed by atoms with van der Waals surface area (Å²) in [7, 11) is 4.38. The summed E-state index contributed by atoms with van der Waals surface area (Å²) in [4.78, 5) is 9.23. The van der Waals surface area contributed by atoms with Crippen molar-refractivity contribution in [3.05, 3.63) is 30.1 Å². The summed E-state index contributed by atoms with van der Waals surface area (Å²) in [5.74, 6) is 0. The summed E-state index contributed by atoms with van der Waals surface area (Å²) in [6, 6.07) is 6.84. The van der Waals surface area contributed by atoms with Crippen molar-refractivity contribution < 1.29 is 0 Å². The molecule has 0 aromatic carbocycles. The van der Waals surface area contributed by atoms with Crippen LogP contribution in [0.5, 0.6) is 0 Å². The molecule has 19 heavy (non-hydrogen) atoms. The molecule has 0 bridgehead atoms. The van der Waals surface area contributed by atoms with Crippen LogP contribution in [0.4, 0.5) is 0 Å². The average molecular weight is 262 g/mol. The fourth-order valence-electron chi connectivity index (χ4n) is 2.62. The Kier molecular flexibility index (Phi) is 5.76. The molecular formula is C15H26N4. The molecule has 1 N–H and O–H groups in total. The summed E-state index contributed by atoms with van der Waals surface area (Å²) in [6.07, 6.45) is 4.45. The lowest BCUT2D eigenvalue weighted by atomic mass is 10.0. The zero-order valence-corrected chi connectivity index (χ0v) is 12.2. The molecule has 0 spiro atoms. The largest absolute Gasteiger partial charge is 0.310 e. The first kappa shape index (κ1) is 14.4. The van der Waals surface area contributed by atoms with E-state index in [4.69, 9.17) is 0 Å². The maximum atomic E-state index is 4.31. The number of nitrogens with zero attached hydrogens (tertiary/aromatic N) is 3. The van der Waals surface area contributed by atoms with Crippen LogP contribution in [-0.2, 0) is 6.54 Å². The molecule has 0 unspecified atom stereocenters. The summed E-state index contributed by atoms with van der Waals surface area (Å²) < 4.78 is 0. The van der Waals surface area contributed by atoms with E-state index >= 15 is 0 Å². The van der Waals surface area contributed by atoms with Crippen LogP contribution >= 0.6 is 0 Å². The van der Waals surface area contributed by atoms with E-state index in [0.29, 0.717) is 0 Å². The van der Waals surface area contributed by atoms with Gasteiger partial charge in [-0.15, -0.1) is 0 Å². The third kappa shape index (κ3) is 4.90. The Labute approximate surface area is 116 Å². The fraction of sp³-hybridized carbons (Fsp3) is 0.667. The minimum absolute atomic E-state index is 0.776. The zero-order chi connectivity index (χ0) is 13.5. The standard InChI is InChI=1S/C15H26N4/c1-18(2)15-6-10-19(11-7-15)12-9-16-13-14-5-3-4-8-17-14/h3-5,8,15-16H,6-7,9-13H2,1-2H3. The molecule has 0 radical (unpaired) electrons. The fourth-order valence-corrected chi connectivity index (χ4v) is 2.62. The molecule has 0 saturated carbocycles. The van der Waals surface area contributed by atoms with Gasteiger partial charge in [0.2, 0.25) is 0 Å². The lowest BCUT2D eigenvalue weighted by molar-refractivity contribution is 0.145. The van der Waals surface area contributed by atoms with Gasteiger partial charge in [0.15, 0.2) is 0 Å². The highest BCUT2D eigenvalue weighted by molar-refractivity contribution is 5.02. The maximum Gasteiger partial charge on any atom is 0.0541 e. The van der Waals surface area contributed by atoms with Crippen LogP contribution in [0.15, 0.2) is 24.4 Å². The Morgan fingerprint density at radius 3 is 2.74 bits per heavy atom. The van der Waals surface area contributed by atoms with Gasteiger partial charge in [0.05, 0.1) is 5.69 Å². The van der Waals surface area contributed by atoms with Gasteiger partial charge in [-0.3, -0.25) is 4.98 Å². The summed E-state index contributed by atoms with van der Waals surface area (Å²) in [6.45, 7) is 5.52. The smallest absolute Gasteiger partial charge is 0.0541 e. The second kappa shape index (κ2) is 7.58. The number of likely N-dealkylation sites (tertiary alicyclic amines) is 1. The van der Waals surface area contributed by atoms with Gasteiger partial charge in [-0.25, -0.2) is 0 Å². The maximum absolute atomic E-state index is 4.31. The van der Waals surface area contributed by atoms with Crippen LogP contribution in [0.1, 0.15) is 18.5 Å². The van der Waals surface area contributed by atoms with E-state index in [9.17, 15) is 0 Å². The molecule has 1 aromatic heterocycles. The van der Waals surface area contributed by atoms with Gasteiger partial charge < -0.3 is 15.1 Å². The highest BCUT2D eigenvalue weighted by Gasteiger charge is 2.19. The first-order chi connectivity index (χ1) is 9.25. The van der Waals surface area contributed by atoms with Crippen LogP contribution in [0.2, 0.25) is 0 Å². The summed E-state index contributed by atoms with van der Waals surface area (Å²) in [5, 5.41) is 3.47. The highest BCUT2D eigenvalue weighted by atomic mass is 15.2. The average Bonchev–Trinajstić information content (AvgIpc) is 2.45. The summed E-state index contributed by atoms with van der Waals surface area (Å²) >= 11 is 0. The molecule has 1 aliphatic heterocycles. The minimum atomic E-state index is 0.776. The molecule has 2 rings (SSSR count). The molecule has 0 amide bonds. The van der Waals surface area contributed by atoms with E-state index in [1.165, 1.54) is 25.9 Å². The van der Waals surface area contributed by atoms with Gasteiger partial charge in [0.25, 0.3) is 0 Å². The van der Waals surface area contributed by atoms with E-state index in [0.717, 1.165) is 31.4 Å². The lowest BCUT2D eigenvalue weighted by Gasteiger charge is -2.35. The number of nitrogens with one attached hydrogen (secondary N) is 1. The van der Waals surface area contributed by atoms with Gasteiger partial charge in [-0.1, -0.05) is 6.07 Å². The van der Waals surface area contributed by atoms with Crippen LogP contribution in [-0.4, -0.2) is 61.1 Å². The molecule has 106 valence electrons. The number of rotatable bonds is 6. The van der Waals surface area contributed by atoms with Gasteiger partial charge in [-0.2, -0.15) is 0 Å². The zero-order valence-electron chi connectivity index (χ0n) is 12.2. The van der Waals surface area contributed by atoms with Crippen molar-refractivity contribution in [3.63, 3.8) is 0 Å². The molecule has 4 heteroatoms. The monoisotopic (exact) mass is 262 g/mol. The van der Waals surface area contributed by atoms with Crippen molar-refractivity contribution in [1.82, 2.24) is 20.1 Å². The third-order valence-corrected chi connectivity index (χ3v) is 3.92. The topological polar surface area (TPSA) is 31.4 Å². The molecule has 2 heterocycles. The first-order valence-electron chi connectivity index (χ1n) is 7.25. The second-order valence-electron chi connectivity index (χ2n) is 5.53. The SMILES string of the molecule is CN(C)C1CCN(CCNCc2ccccn2)CC1. The van der Waals surface area contributed by atoms with Gasteiger partial charge >= 0.3 is 0 Å². The predicted octanol–water partition coefficient (Wildman–Crippen LogP) is 1.20. The minimum Gasteiger partial charge on any atom is -0.310 e. The van der Waals surface area contributed by atoms with E-state index in [1.54, 1.807) is 0 Å². The quantitative estimate of drug-likeness (QED) is 0.781. The van der Waals surface area contributed by atoms with Crippen LogP contribution in [0.3, 0.4) is 0 Å². The highest BCUT2D eigenvalue weighted by Crippen LogP contribution is 2.13. The lowest BCUT2D eigenvalue weighted by Crippen LogP contribution is -2.43. The first-order valence-corrected chi connectivity index (χ1v) is 7.25. The van der Waals surface area contributed by atoms with E-state index in [1.807, 2.05) is 18.3 Å². The van der Waals surface area contributed by atoms with E-state index in [-0.39, 0.29) is 0 Å². The Morgan fingerprint density at radius 1 is 1.32 bits per heavy atom. The number of hydrogen-bond donors (Lipinski definition) is 1. The van der Waals surface area contributed by atoms with Crippen molar-refractivity contribution in [2.45, 2.75) is 25.4 Å². The second-order valence-corrected chi connectivity index (χ2v) is 5.53. The van der Waals surface area contributed by atoms with Crippen LogP contribution in [0.25, 0.3) is 0 Å². The van der Waals surface area contributed by atoms with Gasteiger partial charge in [0.1, 0.15) is 0 Å². The van der Waals surface area contributed by atoms with Crippen LogP contribution < -0.4 is 5.32 Å². The van der Waals surface area contributed by atoms with Crippen molar-refractivity contribution in [2.75, 3.05) is 40.3 Å². The normalized spacial score (nSPS) is 18.1. The number of piperidine rings is 1. The van der Waals surface area contributed by atoms with Crippen molar-refractivity contribution in [2.24, 2.45) is 0 Å². The molecule has 1 saturated heterocycles.